The zero-order valence-electron chi connectivity index (χ0n) is 17.4. The van der Waals surface area contributed by atoms with Crippen LogP contribution in [0.15, 0.2) is 47.7 Å². The van der Waals surface area contributed by atoms with Gasteiger partial charge in [0.1, 0.15) is 13.2 Å². The first kappa shape index (κ1) is 20.2. The Balaban J connectivity index is 1.83. The van der Waals surface area contributed by atoms with E-state index in [0.29, 0.717) is 41.1 Å². The number of nitrogens with zero attached hydrogens (tertiary/aromatic N) is 1. The van der Waals surface area contributed by atoms with Crippen LogP contribution in [0.4, 0.5) is 5.69 Å². The Bertz CT molecular complexity index is 1060. The maximum absolute atomic E-state index is 12.8. The van der Waals surface area contributed by atoms with Gasteiger partial charge in [0.15, 0.2) is 16.6 Å². The summed E-state index contributed by atoms with van der Waals surface area (Å²) in [7, 11) is 1.39. The summed E-state index contributed by atoms with van der Waals surface area (Å²) in [5.41, 5.74) is 5.21. The summed E-state index contributed by atoms with van der Waals surface area (Å²) in [5, 5.41) is 3.85. The first-order valence-electron chi connectivity index (χ1n) is 9.77. The number of aryl methyl sites for hydroxylation is 2. The molecule has 0 aromatic heterocycles. The van der Waals surface area contributed by atoms with Crippen molar-refractivity contribution in [3.05, 3.63) is 64.4 Å². The zero-order valence-corrected chi connectivity index (χ0v) is 18.3. The second-order valence-corrected chi connectivity index (χ2v) is 7.78. The van der Waals surface area contributed by atoms with Crippen molar-refractivity contribution in [3.8, 4) is 11.5 Å². The van der Waals surface area contributed by atoms with Crippen LogP contribution >= 0.6 is 12.2 Å². The molecule has 6 nitrogen and oxygen atoms in total. The lowest BCUT2D eigenvalue weighted by Gasteiger charge is -2.38. The van der Waals surface area contributed by atoms with Crippen LogP contribution in [0.3, 0.4) is 0 Å². The molecule has 0 saturated heterocycles. The SMILES string of the molecule is COC(=O)C1=C(C)N(c2ccc3c(c2)OCCO3)C(=S)N[C@H]1c1cc(C)ccc1C. The number of benzene rings is 2. The molecule has 2 aromatic carbocycles. The molecule has 2 aliphatic heterocycles. The number of anilines is 1. The summed E-state index contributed by atoms with van der Waals surface area (Å²) in [6, 6.07) is 11.4. The number of hydrogen-bond acceptors (Lipinski definition) is 5. The fourth-order valence-electron chi connectivity index (χ4n) is 3.90. The van der Waals surface area contributed by atoms with Crippen molar-refractivity contribution in [2.24, 2.45) is 0 Å². The topological polar surface area (TPSA) is 60.0 Å². The van der Waals surface area contributed by atoms with E-state index in [1.54, 1.807) is 0 Å². The fraction of sp³-hybridized carbons (Fsp3) is 0.304. The summed E-state index contributed by atoms with van der Waals surface area (Å²) in [4.78, 5) is 14.7. The quantitative estimate of drug-likeness (QED) is 0.591. The molecule has 1 atom stereocenters. The zero-order chi connectivity index (χ0) is 21.4. The van der Waals surface area contributed by atoms with Crippen LogP contribution in [0.2, 0.25) is 0 Å². The van der Waals surface area contributed by atoms with Gasteiger partial charge >= 0.3 is 5.97 Å². The molecule has 0 unspecified atom stereocenters. The Labute approximate surface area is 181 Å². The monoisotopic (exact) mass is 424 g/mol. The van der Waals surface area contributed by atoms with Crippen molar-refractivity contribution in [1.29, 1.82) is 0 Å². The van der Waals surface area contributed by atoms with E-state index in [-0.39, 0.29) is 0 Å². The van der Waals surface area contributed by atoms with E-state index in [0.717, 1.165) is 22.4 Å². The van der Waals surface area contributed by atoms with Gasteiger partial charge in [-0.15, -0.1) is 0 Å². The van der Waals surface area contributed by atoms with E-state index in [9.17, 15) is 4.79 Å². The van der Waals surface area contributed by atoms with Gasteiger partial charge < -0.3 is 19.5 Å². The van der Waals surface area contributed by atoms with E-state index in [1.165, 1.54) is 7.11 Å². The van der Waals surface area contributed by atoms with Gasteiger partial charge in [0.2, 0.25) is 0 Å². The number of methoxy groups -OCH3 is 1. The maximum atomic E-state index is 12.8. The third-order valence-electron chi connectivity index (χ3n) is 5.42. The Hall–Kier alpha value is -3.06. The fourth-order valence-corrected chi connectivity index (χ4v) is 4.26. The molecule has 7 heteroatoms. The molecule has 0 bridgehead atoms. The highest BCUT2D eigenvalue weighted by atomic mass is 32.1. The minimum absolute atomic E-state index is 0.390. The van der Waals surface area contributed by atoms with Gasteiger partial charge in [0.25, 0.3) is 0 Å². The normalized spacial score (nSPS) is 18.2. The number of hydrogen-bond donors (Lipinski definition) is 1. The molecule has 2 aromatic rings. The van der Waals surface area contributed by atoms with Crippen LogP contribution < -0.4 is 19.7 Å². The molecule has 2 aliphatic rings. The van der Waals surface area contributed by atoms with Crippen molar-refractivity contribution < 1.29 is 19.0 Å². The number of rotatable bonds is 3. The molecule has 0 amide bonds. The summed E-state index contributed by atoms with van der Waals surface area (Å²) >= 11 is 5.73. The molecular formula is C23H24N2O4S. The van der Waals surface area contributed by atoms with Gasteiger partial charge in [-0.1, -0.05) is 23.8 Å². The highest BCUT2D eigenvalue weighted by Crippen LogP contribution is 2.39. The highest BCUT2D eigenvalue weighted by Gasteiger charge is 2.36. The highest BCUT2D eigenvalue weighted by molar-refractivity contribution is 7.80. The van der Waals surface area contributed by atoms with Gasteiger partial charge in [-0.3, -0.25) is 4.90 Å². The predicted molar refractivity (Wildman–Crippen MR) is 119 cm³/mol. The molecular weight excluding hydrogens is 400 g/mol. The van der Waals surface area contributed by atoms with Crippen LogP contribution in [-0.4, -0.2) is 31.4 Å². The molecule has 156 valence electrons. The first-order chi connectivity index (χ1) is 14.4. The second kappa shape index (κ2) is 7.99. The molecule has 0 spiro atoms. The molecule has 0 radical (unpaired) electrons. The molecule has 30 heavy (non-hydrogen) atoms. The van der Waals surface area contributed by atoms with Crippen LogP contribution in [0, 0.1) is 13.8 Å². The summed E-state index contributed by atoms with van der Waals surface area (Å²) in [6.45, 7) is 6.96. The van der Waals surface area contributed by atoms with Crippen LogP contribution in [0.5, 0.6) is 11.5 Å². The van der Waals surface area contributed by atoms with E-state index >= 15 is 0 Å². The molecule has 2 heterocycles. The third-order valence-corrected chi connectivity index (χ3v) is 5.72. The summed E-state index contributed by atoms with van der Waals surface area (Å²) in [5.74, 6) is 0.963. The second-order valence-electron chi connectivity index (χ2n) is 7.40. The van der Waals surface area contributed by atoms with Gasteiger partial charge in [0, 0.05) is 11.8 Å². The van der Waals surface area contributed by atoms with Crippen LogP contribution in [-0.2, 0) is 9.53 Å². The molecule has 1 N–H and O–H groups in total. The lowest BCUT2D eigenvalue weighted by atomic mass is 9.91. The maximum Gasteiger partial charge on any atom is 0.337 e. The Morgan fingerprint density at radius 3 is 2.57 bits per heavy atom. The van der Waals surface area contributed by atoms with Crippen LogP contribution in [0.25, 0.3) is 0 Å². The lowest BCUT2D eigenvalue weighted by Crippen LogP contribution is -2.48. The van der Waals surface area contributed by atoms with Crippen molar-refractivity contribution >= 4 is 29.0 Å². The van der Waals surface area contributed by atoms with Gasteiger partial charge in [-0.2, -0.15) is 0 Å². The number of allylic oxidation sites excluding steroid dienone is 1. The Kier molecular flexibility index (Phi) is 5.39. The van der Waals surface area contributed by atoms with Crippen molar-refractivity contribution in [2.75, 3.05) is 25.2 Å². The minimum Gasteiger partial charge on any atom is -0.486 e. The first-order valence-corrected chi connectivity index (χ1v) is 10.2. The smallest absolute Gasteiger partial charge is 0.337 e. The molecule has 0 fully saturated rings. The van der Waals surface area contributed by atoms with Gasteiger partial charge in [-0.05, 0) is 56.2 Å². The summed E-state index contributed by atoms with van der Waals surface area (Å²) < 4.78 is 16.5. The minimum atomic E-state index is -0.393. The number of nitrogens with one attached hydrogen (secondary N) is 1. The van der Waals surface area contributed by atoms with E-state index in [1.807, 2.05) is 49.9 Å². The largest absolute Gasteiger partial charge is 0.486 e. The van der Waals surface area contributed by atoms with Crippen molar-refractivity contribution in [3.63, 3.8) is 0 Å². The molecule has 4 rings (SSSR count). The van der Waals surface area contributed by atoms with E-state index in [4.69, 9.17) is 26.4 Å². The summed E-state index contributed by atoms with van der Waals surface area (Å²) in [6.07, 6.45) is 0. The number of carbonyl (C=O) groups is 1. The number of thiocarbonyl (C=S) groups is 1. The Morgan fingerprint density at radius 2 is 1.83 bits per heavy atom. The molecule has 0 saturated carbocycles. The average molecular weight is 425 g/mol. The Morgan fingerprint density at radius 1 is 1.10 bits per heavy atom. The standard InChI is InChI=1S/C23H24N2O4S/c1-13-5-6-14(2)17(11-13)21-20(22(26)27-4)15(3)25(23(30)24-21)16-7-8-18-19(12-16)29-10-9-28-18/h5-8,11-12,21H,9-10H2,1-4H3,(H,24,30)/t21-/m0/s1. The number of esters is 1. The number of carbonyl (C=O) groups excluding carboxylic acids is 1. The predicted octanol–water partition coefficient (Wildman–Crippen LogP) is 3.96. The van der Waals surface area contributed by atoms with Crippen molar-refractivity contribution in [2.45, 2.75) is 26.8 Å². The van der Waals surface area contributed by atoms with Gasteiger partial charge in [-0.25, -0.2) is 4.79 Å². The molecule has 0 aliphatic carbocycles. The number of ether oxygens (including phenoxy) is 3. The van der Waals surface area contributed by atoms with Crippen LogP contribution in [0.1, 0.15) is 29.7 Å². The average Bonchev–Trinajstić information content (AvgIpc) is 2.74. The van der Waals surface area contributed by atoms with Crippen molar-refractivity contribution in [1.82, 2.24) is 5.32 Å². The third kappa shape index (κ3) is 3.50. The number of fused-ring (bicyclic) bond motifs is 1. The van der Waals surface area contributed by atoms with E-state index in [2.05, 4.69) is 17.4 Å². The lowest BCUT2D eigenvalue weighted by molar-refractivity contribution is -0.136. The van der Waals surface area contributed by atoms with E-state index < -0.39 is 12.0 Å². The van der Waals surface area contributed by atoms with Gasteiger partial charge in [0.05, 0.1) is 24.4 Å².